The van der Waals surface area contributed by atoms with Crippen LogP contribution in [0.5, 0.6) is 0 Å². The molecule has 3 heterocycles. The number of benzene rings is 1. The van der Waals surface area contributed by atoms with Gasteiger partial charge in [-0.3, -0.25) is 33.1 Å². The van der Waals surface area contributed by atoms with Crippen LogP contribution in [0.1, 0.15) is 93.7 Å². The summed E-state index contributed by atoms with van der Waals surface area (Å²) >= 11 is 5.69. The predicted molar refractivity (Wildman–Crippen MR) is 185 cm³/mol. The van der Waals surface area contributed by atoms with Crippen LogP contribution in [0.15, 0.2) is 18.3 Å². The summed E-state index contributed by atoms with van der Waals surface area (Å²) in [4.78, 5) is 68.9. The second kappa shape index (κ2) is 15.3. The third-order valence-electron chi connectivity index (χ3n) is 10.3. The Hall–Kier alpha value is -3.71. The highest BCUT2D eigenvalue weighted by Gasteiger charge is 2.51. The van der Waals surface area contributed by atoms with Gasteiger partial charge in [-0.2, -0.15) is 10.6 Å². The Morgan fingerprint density at radius 1 is 1.10 bits per heavy atom. The lowest BCUT2D eigenvalue weighted by Gasteiger charge is -2.45. The maximum absolute atomic E-state index is 14.8. The Morgan fingerprint density at radius 2 is 1.75 bits per heavy atom. The van der Waals surface area contributed by atoms with Crippen LogP contribution in [-0.4, -0.2) is 99.2 Å². The van der Waals surface area contributed by atoms with Gasteiger partial charge in [0, 0.05) is 24.5 Å². The molecule has 0 radical (unpaired) electrons. The van der Waals surface area contributed by atoms with E-state index in [1.54, 1.807) is 0 Å². The number of carbonyl (C=O) groups is 5. The van der Waals surface area contributed by atoms with E-state index in [2.05, 4.69) is 20.9 Å². The molecule has 3 fully saturated rings. The number of amides is 4. The number of carbonyl (C=O) groups excluding carboxylic acids is 5. The first-order chi connectivity index (χ1) is 24.3. The molecule has 2 aromatic rings. The molecule has 7 N–H and O–H groups in total. The molecule has 0 spiro atoms. The summed E-state index contributed by atoms with van der Waals surface area (Å²) in [5.74, 6) is -7.87. The normalized spacial score (nSPS) is 23.0. The van der Waals surface area contributed by atoms with Crippen LogP contribution < -0.4 is 16.4 Å². The first-order valence-electron chi connectivity index (χ1n) is 17.1. The summed E-state index contributed by atoms with van der Waals surface area (Å²) in [6.07, 6.45) is 5.02. The van der Waals surface area contributed by atoms with Gasteiger partial charge in [-0.1, -0.05) is 48.9 Å². The van der Waals surface area contributed by atoms with Gasteiger partial charge in [0.2, 0.25) is 17.6 Å². The standard InChI is InChI=1S/C33H44ClF2N7O8S/c1-32(2,49)26-16-38-41-43(26)19-13-25(30(47)40-33(27(44)28(37)45)8-10-52(50,51)11-9-33)42(17-19)31(48)24(12-18-6-4-3-5-7-18)39-29(46)20-14-23(36)21(34)15-22(20)35/h14-16,18-19,24-25,49-51H,3-13,17H2,1-2H3,(H2,37,45)(H,39,46)(H,40,47)/t19-,24?,25-/m0/s1. The molecule has 286 valence electrons. The molecule has 0 bridgehead atoms. The molecular formula is C33H44ClF2N7O8S. The summed E-state index contributed by atoms with van der Waals surface area (Å²) in [5.41, 5.74) is 1.64. The van der Waals surface area contributed by atoms with Crippen molar-refractivity contribution in [2.75, 3.05) is 18.1 Å². The molecule has 52 heavy (non-hydrogen) atoms. The Bertz CT molecular complexity index is 1720. The van der Waals surface area contributed by atoms with Crippen LogP contribution in [0.3, 0.4) is 0 Å². The lowest BCUT2D eigenvalue weighted by atomic mass is 9.84. The quantitative estimate of drug-likeness (QED) is 0.145. The number of halogens is 3. The Labute approximate surface area is 305 Å². The minimum Gasteiger partial charge on any atom is -0.384 e. The summed E-state index contributed by atoms with van der Waals surface area (Å²) < 4.78 is 51.0. The van der Waals surface area contributed by atoms with E-state index in [1.807, 2.05) is 0 Å². The largest absolute Gasteiger partial charge is 0.384 e. The van der Waals surface area contributed by atoms with E-state index in [0.717, 1.165) is 32.1 Å². The summed E-state index contributed by atoms with van der Waals surface area (Å²) in [6, 6.07) is -2.11. The molecule has 3 aliphatic rings. The lowest BCUT2D eigenvalue weighted by molar-refractivity contribution is -0.145. The molecule has 4 amide bonds. The van der Waals surface area contributed by atoms with Crippen molar-refractivity contribution in [1.29, 1.82) is 0 Å². The highest BCUT2D eigenvalue weighted by Crippen LogP contribution is 2.47. The van der Waals surface area contributed by atoms with Gasteiger partial charge in [0.15, 0.2) is 0 Å². The predicted octanol–water partition coefficient (Wildman–Crippen LogP) is 2.80. The number of rotatable bonds is 11. The molecule has 1 saturated carbocycles. The average molecular weight is 772 g/mol. The fourth-order valence-electron chi connectivity index (χ4n) is 7.41. The SMILES string of the molecule is CC(C)(O)c1cnnn1[C@H]1C[C@@H](C(=O)NC2(C(=O)C(N)=O)CCS(O)(O)CC2)N(C(=O)C(CC2CCCCC2)NC(=O)c2cc(F)c(Cl)cc2F)C1. The molecule has 2 aliphatic heterocycles. The zero-order valence-corrected chi connectivity index (χ0v) is 30.4. The third-order valence-corrected chi connectivity index (χ3v) is 12.3. The van der Waals surface area contributed by atoms with Gasteiger partial charge in [0.25, 0.3) is 11.8 Å². The van der Waals surface area contributed by atoms with E-state index in [-0.39, 0.29) is 55.3 Å². The monoisotopic (exact) mass is 771 g/mol. The van der Waals surface area contributed by atoms with Gasteiger partial charge >= 0.3 is 0 Å². The van der Waals surface area contributed by atoms with Crippen LogP contribution in [0.25, 0.3) is 0 Å². The summed E-state index contributed by atoms with van der Waals surface area (Å²) in [5, 5.41) is 23.5. The van der Waals surface area contributed by atoms with E-state index >= 15 is 0 Å². The number of nitrogens with two attached hydrogens (primary N) is 1. The Morgan fingerprint density at radius 3 is 2.37 bits per heavy atom. The maximum Gasteiger partial charge on any atom is 0.287 e. The van der Waals surface area contributed by atoms with E-state index in [9.17, 15) is 47.0 Å². The fourth-order valence-corrected chi connectivity index (χ4v) is 9.12. The molecule has 1 aromatic heterocycles. The molecule has 2 saturated heterocycles. The number of aliphatic hydroxyl groups is 1. The molecule has 1 aliphatic carbocycles. The number of primary amides is 1. The van der Waals surface area contributed by atoms with Gasteiger partial charge in [0.1, 0.15) is 34.9 Å². The summed E-state index contributed by atoms with van der Waals surface area (Å²) in [7, 11) is -3.08. The maximum atomic E-state index is 14.8. The number of likely N-dealkylation sites (tertiary alicyclic amines) is 1. The number of Topliss-reactive ketones (excluding diaryl/α,β-unsaturated/α-hetero) is 1. The second-order valence-corrected chi connectivity index (χ2v) is 17.3. The number of aromatic nitrogens is 3. The number of nitrogens with one attached hydrogen (secondary N) is 2. The van der Waals surface area contributed by atoms with Crippen molar-refractivity contribution in [2.45, 2.75) is 101 Å². The first kappa shape index (κ1) is 39.5. The van der Waals surface area contributed by atoms with Crippen LogP contribution in [0.4, 0.5) is 8.78 Å². The third kappa shape index (κ3) is 8.56. The van der Waals surface area contributed by atoms with Crippen molar-refractivity contribution in [3.63, 3.8) is 0 Å². The molecule has 19 heteroatoms. The fraction of sp³-hybridized carbons (Fsp3) is 0.606. The Kier molecular flexibility index (Phi) is 11.6. The first-order valence-corrected chi connectivity index (χ1v) is 19.4. The topological polar surface area (TPSA) is 230 Å². The zero-order chi connectivity index (χ0) is 38.2. The van der Waals surface area contributed by atoms with E-state index in [0.29, 0.717) is 12.1 Å². The highest BCUT2D eigenvalue weighted by molar-refractivity contribution is 8.24. The smallest absolute Gasteiger partial charge is 0.287 e. The molecule has 1 aromatic carbocycles. The minimum absolute atomic E-state index is 0.0176. The van der Waals surface area contributed by atoms with Crippen LogP contribution in [0, 0.1) is 17.6 Å². The Balaban J connectivity index is 1.51. The molecular weight excluding hydrogens is 728 g/mol. The molecule has 5 rings (SSSR count). The number of ketones is 1. The average Bonchev–Trinajstić information content (AvgIpc) is 3.75. The van der Waals surface area contributed by atoms with Crippen molar-refractivity contribution in [3.05, 3.63) is 46.2 Å². The van der Waals surface area contributed by atoms with E-state index in [4.69, 9.17) is 17.3 Å². The van der Waals surface area contributed by atoms with Crippen molar-refractivity contribution in [3.8, 4) is 0 Å². The van der Waals surface area contributed by atoms with Crippen molar-refractivity contribution in [1.82, 2.24) is 30.5 Å². The van der Waals surface area contributed by atoms with Gasteiger partial charge in [-0.25, -0.2) is 13.5 Å². The highest BCUT2D eigenvalue weighted by atomic mass is 35.5. The number of nitrogens with zero attached hydrogens (tertiary/aromatic N) is 4. The minimum atomic E-state index is -3.08. The van der Waals surface area contributed by atoms with E-state index < -0.39 is 91.5 Å². The van der Waals surface area contributed by atoms with Crippen molar-refractivity contribution >= 4 is 51.6 Å². The molecule has 15 nitrogen and oxygen atoms in total. The van der Waals surface area contributed by atoms with Gasteiger partial charge < -0.3 is 26.4 Å². The zero-order valence-electron chi connectivity index (χ0n) is 28.8. The van der Waals surface area contributed by atoms with Crippen LogP contribution >= 0.6 is 22.2 Å². The van der Waals surface area contributed by atoms with Crippen molar-refractivity contribution < 1.29 is 47.0 Å². The number of hydrogen-bond acceptors (Lipinski definition) is 10. The van der Waals surface area contributed by atoms with Crippen LogP contribution in [0.2, 0.25) is 5.02 Å². The van der Waals surface area contributed by atoms with E-state index in [1.165, 1.54) is 29.6 Å². The van der Waals surface area contributed by atoms with Gasteiger partial charge in [-0.05, 0) is 51.2 Å². The van der Waals surface area contributed by atoms with Gasteiger partial charge in [-0.15, -0.1) is 5.10 Å². The summed E-state index contributed by atoms with van der Waals surface area (Å²) in [6.45, 7) is 2.83. The second-order valence-electron chi connectivity index (χ2n) is 14.5. The molecule has 3 atom stereocenters. The lowest BCUT2D eigenvalue weighted by Crippen LogP contribution is -2.64. The molecule has 1 unspecified atom stereocenters. The van der Waals surface area contributed by atoms with Crippen molar-refractivity contribution in [2.24, 2.45) is 11.7 Å². The van der Waals surface area contributed by atoms with Crippen LogP contribution in [-0.2, 0) is 24.8 Å². The number of hydrogen-bond donors (Lipinski definition) is 6. The van der Waals surface area contributed by atoms with Gasteiger partial charge in [0.05, 0.1) is 28.5 Å².